The van der Waals surface area contributed by atoms with E-state index in [1.54, 1.807) is 10.9 Å². The molecule has 1 aliphatic carbocycles. The maximum atomic E-state index is 5.91. The van der Waals surface area contributed by atoms with Gasteiger partial charge in [0.05, 0.1) is 12.4 Å². The summed E-state index contributed by atoms with van der Waals surface area (Å²) in [6.45, 7) is 0.841. The van der Waals surface area contributed by atoms with E-state index in [0.717, 1.165) is 22.5 Å². The lowest BCUT2D eigenvalue weighted by atomic mass is 10.2. The zero-order chi connectivity index (χ0) is 13.2. The minimum absolute atomic E-state index is 0.690. The molecule has 5 heteroatoms. The molecule has 1 fully saturated rings. The molecule has 0 aliphatic heterocycles. The van der Waals surface area contributed by atoms with Gasteiger partial charge in [-0.15, -0.1) is 0 Å². The number of ether oxygens (including phenoxy) is 1. The molecule has 0 radical (unpaired) electrons. The second kappa shape index (κ2) is 5.35. The van der Waals surface area contributed by atoms with Gasteiger partial charge in [-0.05, 0) is 25.0 Å². The van der Waals surface area contributed by atoms with Gasteiger partial charge in [0.15, 0.2) is 5.75 Å². The molecule has 1 aromatic heterocycles. The van der Waals surface area contributed by atoms with Crippen molar-refractivity contribution in [2.45, 2.75) is 25.4 Å². The van der Waals surface area contributed by atoms with Gasteiger partial charge in [0.25, 0.3) is 0 Å². The zero-order valence-corrected chi connectivity index (χ0v) is 12.4. The summed E-state index contributed by atoms with van der Waals surface area (Å²) in [5.41, 5.74) is 1.17. The van der Waals surface area contributed by atoms with Crippen LogP contribution in [0.15, 0.2) is 35.1 Å². The summed E-state index contributed by atoms with van der Waals surface area (Å²) in [7, 11) is 1.88. The number of nitrogens with zero attached hydrogens (tertiary/aromatic N) is 2. The fourth-order valence-electron chi connectivity index (χ4n) is 1.89. The number of aryl methyl sites for hydroxylation is 1. The summed E-state index contributed by atoms with van der Waals surface area (Å²) >= 11 is 3.49. The van der Waals surface area contributed by atoms with Crippen LogP contribution in [0.1, 0.15) is 18.4 Å². The van der Waals surface area contributed by atoms with Crippen LogP contribution in [0.3, 0.4) is 0 Å². The highest BCUT2D eigenvalue weighted by Gasteiger charge is 2.20. The Hall–Kier alpha value is -1.33. The van der Waals surface area contributed by atoms with E-state index < -0.39 is 0 Å². The summed E-state index contributed by atoms with van der Waals surface area (Å²) in [4.78, 5) is 0. The Morgan fingerprint density at radius 2 is 2.32 bits per heavy atom. The first kappa shape index (κ1) is 12.7. The third-order valence-corrected chi connectivity index (χ3v) is 3.59. The highest BCUT2D eigenvalue weighted by Crippen LogP contribution is 2.29. The number of hydrogen-bond acceptors (Lipinski definition) is 3. The molecule has 1 N–H and O–H groups in total. The molecule has 0 bridgehead atoms. The lowest BCUT2D eigenvalue weighted by molar-refractivity contribution is 0.471. The Bertz CT molecular complexity index is 578. The van der Waals surface area contributed by atoms with Gasteiger partial charge in [-0.2, -0.15) is 5.10 Å². The summed E-state index contributed by atoms with van der Waals surface area (Å²) < 4.78 is 8.66. The van der Waals surface area contributed by atoms with E-state index in [1.807, 2.05) is 25.4 Å². The zero-order valence-electron chi connectivity index (χ0n) is 10.8. The van der Waals surface area contributed by atoms with Gasteiger partial charge < -0.3 is 10.1 Å². The Morgan fingerprint density at radius 3 is 3.00 bits per heavy atom. The molecule has 1 heterocycles. The van der Waals surface area contributed by atoms with Crippen molar-refractivity contribution in [2.75, 3.05) is 0 Å². The van der Waals surface area contributed by atoms with Gasteiger partial charge in [-0.3, -0.25) is 4.68 Å². The van der Waals surface area contributed by atoms with Crippen LogP contribution in [0.2, 0.25) is 0 Å². The highest BCUT2D eigenvalue weighted by atomic mass is 79.9. The fraction of sp³-hybridized carbons (Fsp3) is 0.357. The quantitative estimate of drug-likeness (QED) is 0.919. The largest absolute Gasteiger partial charge is 0.454 e. The number of halogens is 1. The number of nitrogens with one attached hydrogen (secondary N) is 1. The number of hydrogen-bond donors (Lipinski definition) is 1. The van der Waals surface area contributed by atoms with E-state index >= 15 is 0 Å². The summed E-state index contributed by atoms with van der Waals surface area (Å²) in [5.74, 6) is 1.63. The van der Waals surface area contributed by atoms with Crippen molar-refractivity contribution in [1.29, 1.82) is 0 Å². The second-order valence-electron chi connectivity index (χ2n) is 4.86. The molecule has 19 heavy (non-hydrogen) atoms. The minimum Gasteiger partial charge on any atom is -0.454 e. The van der Waals surface area contributed by atoms with E-state index in [4.69, 9.17) is 4.74 Å². The molecule has 0 amide bonds. The van der Waals surface area contributed by atoms with E-state index in [2.05, 4.69) is 32.4 Å². The van der Waals surface area contributed by atoms with Gasteiger partial charge in [0.1, 0.15) is 5.75 Å². The Labute approximate surface area is 120 Å². The molecule has 1 aromatic carbocycles. The second-order valence-corrected chi connectivity index (χ2v) is 5.77. The molecule has 0 atom stereocenters. The van der Waals surface area contributed by atoms with Crippen LogP contribution in [0.25, 0.3) is 0 Å². The van der Waals surface area contributed by atoms with E-state index in [0.29, 0.717) is 6.04 Å². The van der Waals surface area contributed by atoms with Gasteiger partial charge in [-0.25, -0.2) is 0 Å². The van der Waals surface area contributed by atoms with Crippen LogP contribution >= 0.6 is 15.9 Å². The predicted molar refractivity (Wildman–Crippen MR) is 77.3 cm³/mol. The molecule has 0 unspecified atom stereocenters. The normalized spacial score (nSPS) is 14.6. The number of benzene rings is 1. The first-order valence-electron chi connectivity index (χ1n) is 6.39. The summed E-state index contributed by atoms with van der Waals surface area (Å²) in [5, 5.41) is 7.62. The summed E-state index contributed by atoms with van der Waals surface area (Å²) in [6.07, 6.45) is 6.16. The van der Waals surface area contributed by atoms with Crippen molar-refractivity contribution in [2.24, 2.45) is 7.05 Å². The van der Waals surface area contributed by atoms with Crippen LogP contribution in [0, 0.1) is 0 Å². The molecule has 100 valence electrons. The molecule has 4 nitrogen and oxygen atoms in total. The molecule has 3 rings (SSSR count). The molecular formula is C14H16BrN3O. The summed E-state index contributed by atoms with van der Waals surface area (Å²) in [6, 6.07) is 6.82. The van der Waals surface area contributed by atoms with Gasteiger partial charge in [0.2, 0.25) is 0 Å². The molecule has 0 spiro atoms. The Morgan fingerprint density at radius 1 is 1.47 bits per heavy atom. The maximum Gasteiger partial charge on any atom is 0.165 e. The molecule has 0 saturated heterocycles. The molecule has 2 aromatic rings. The van der Waals surface area contributed by atoms with Crippen LogP contribution in [-0.4, -0.2) is 15.8 Å². The Kier molecular flexibility index (Phi) is 3.57. The highest BCUT2D eigenvalue weighted by molar-refractivity contribution is 9.10. The van der Waals surface area contributed by atoms with Crippen molar-refractivity contribution < 1.29 is 4.74 Å². The SMILES string of the molecule is Cn1cc(Oc2cc(Br)ccc2CNC2CC2)cn1. The van der Waals surface area contributed by atoms with Crippen LogP contribution in [-0.2, 0) is 13.6 Å². The third-order valence-electron chi connectivity index (χ3n) is 3.10. The minimum atomic E-state index is 0.690. The van der Waals surface area contributed by atoms with Crippen molar-refractivity contribution in [3.05, 3.63) is 40.6 Å². The van der Waals surface area contributed by atoms with Gasteiger partial charge in [0, 0.05) is 29.7 Å². The van der Waals surface area contributed by atoms with Crippen LogP contribution in [0.4, 0.5) is 0 Å². The first-order valence-corrected chi connectivity index (χ1v) is 7.18. The molecule has 1 saturated carbocycles. The van der Waals surface area contributed by atoms with Crippen molar-refractivity contribution in [3.8, 4) is 11.5 Å². The predicted octanol–water partition coefficient (Wildman–Crippen LogP) is 3.23. The average molecular weight is 322 g/mol. The van der Waals surface area contributed by atoms with E-state index in [1.165, 1.54) is 18.4 Å². The first-order chi connectivity index (χ1) is 9.20. The standard InChI is InChI=1S/C14H16BrN3O/c1-18-9-13(8-17-18)19-14-6-11(15)3-2-10(14)7-16-12-4-5-12/h2-3,6,8-9,12,16H,4-5,7H2,1H3. The van der Waals surface area contributed by atoms with E-state index in [-0.39, 0.29) is 0 Å². The topological polar surface area (TPSA) is 39.1 Å². The number of aromatic nitrogens is 2. The van der Waals surface area contributed by atoms with Crippen LogP contribution < -0.4 is 10.1 Å². The lowest BCUT2D eigenvalue weighted by Gasteiger charge is -2.11. The maximum absolute atomic E-state index is 5.91. The molecular weight excluding hydrogens is 306 g/mol. The number of rotatable bonds is 5. The van der Waals surface area contributed by atoms with Crippen molar-refractivity contribution in [3.63, 3.8) is 0 Å². The smallest absolute Gasteiger partial charge is 0.165 e. The van der Waals surface area contributed by atoms with E-state index in [9.17, 15) is 0 Å². The monoisotopic (exact) mass is 321 g/mol. The average Bonchev–Trinajstić information content (AvgIpc) is 3.12. The van der Waals surface area contributed by atoms with Crippen LogP contribution in [0.5, 0.6) is 11.5 Å². The Balaban J connectivity index is 1.78. The van der Waals surface area contributed by atoms with Gasteiger partial charge >= 0.3 is 0 Å². The molecule has 1 aliphatic rings. The van der Waals surface area contributed by atoms with Gasteiger partial charge in [-0.1, -0.05) is 22.0 Å². The fourth-order valence-corrected chi connectivity index (χ4v) is 2.23. The lowest BCUT2D eigenvalue weighted by Crippen LogP contribution is -2.15. The van der Waals surface area contributed by atoms with Crippen molar-refractivity contribution >= 4 is 15.9 Å². The van der Waals surface area contributed by atoms with Crippen molar-refractivity contribution in [1.82, 2.24) is 15.1 Å². The third kappa shape index (κ3) is 3.36.